The highest BCUT2D eigenvalue weighted by Gasteiger charge is 2.24. The number of nitrogens with one attached hydrogen (secondary N) is 2. The molecule has 0 unspecified atom stereocenters. The smallest absolute Gasteiger partial charge is 0.319 e. The number of aromatic nitrogens is 1. The fourth-order valence-corrected chi connectivity index (χ4v) is 2.52. The molecule has 2 heterocycles. The molecule has 0 bridgehead atoms. The third kappa shape index (κ3) is 3.69. The van der Waals surface area contributed by atoms with Gasteiger partial charge < -0.3 is 15.7 Å². The number of nitrogens with zero attached hydrogens (tertiary/aromatic N) is 1. The molecular formula is C13H14ClN3O2S. The van der Waals surface area contributed by atoms with Crippen LogP contribution in [0.2, 0.25) is 5.15 Å². The Labute approximate surface area is 125 Å². The van der Waals surface area contributed by atoms with Crippen molar-refractivity contribution in [2.24, 2.45) is 0 Å². The van der Waals surface area contributed by atoms with Gasteiger partial charge in [-0.25, -0.2) is 9.78 Å². The lowest BCUT2D eigenvalue weighted by Crippen LogP contribution is -2.40. The summed E-state index contributed by atoms with van der Waals surface area (Å²) < 4.78 is 0. The van der Waals surface area contributed by atoms with E-state index >= 15 is 0 Å². The van der Waals surface area contributed by atoms with E-state index in [4.69, 9.17) is 11.6 Å². The van der Waals surface area contributed by atoms with Crippen molar-refractivity contribution in [2.45, 2.75) is 12.5 Å². The maximum Gasteiger partial charge on any atom is 0.319 e. The van der Waals surface area contributed by atoms with Crippen molar-refractivity contribution in [1.82, 2.24) is 10.3 Å². The first-order chi connectivity index (χ1) is 9.49. The number of aliphatic hydroxyl groups is 1. The first kappa shape index (κ1) is 14.8. The van der Waals surface area contributed by atoms with E-state index in [1.807, 2.05) is 16.8 Å². The molecule has 0 aliphatic heterocycles. The second kappa shape index (κ2) is 6.21. The number of pyridine rings is 1. The molecule has 0 saturated heterocycles. The van der Waals surface area contributed by atoms with Gasteiger partial charge in [-0.2, -0.15) is 11.3 Å². The third-order valence-corrected chi connectivity index (χ3v) is 3.73. The number of carbonyl (C=O) groups excluding carboxylic acids is 1. The minimum Gasteiger partial charge on any atom is -0.384 e. The monoisotopic (exact) mass is 311 g/mol. The molecule has 2 rings (SSSR count). The molecule has 0 fully saturated rings. The van der Waals surface area contributed by atoms with Gasteiger partial charge in [0.2, 0.25) is 0 Å². The van der Waals surface area contributed by atoms with Gasteiger partial charge in [0.1, 0.15) is 5.60 Å². The molecule has 5 nitrogen and oxygen atoms in total. The number of urea groups is 1. The van der Waals surface area contributed by atoms with Crippen LogP contribution in [0.15, 0.2) is 35.2 Å². The minimum atomic E-state index is -1.12. The zero-order valence-corrected chi connectivity index (χ0v) is 12.3. The van der Waals surface area contributed by atoms with Gasteiger partial charge >= 0.3 is 6.03 Å². The largest absolute Gasteiger partial charge is 0.384 e. The van der Waals surface area contributed by atoms with Crippen molar-refractivity contribution < 1.29 is 9.90 Å². The molecule has 106 valence electrons. The number of anilines is 1. The van der Waals surface area contributed by atoms with Crippen LogP contribution in [-0.2, 0) is 5.60 Å². The molecule has 20 heavy (non-hydrogen) atoms. The van der Waals surface area contributed by atoms with Gasteiger partial charge in [0.15, 0.2) is 5.15 Å². The lowest BCUT2D eigenvalue weighted by molar-refractivity contribution is 0.0604. The average molecular weight is 312 g/mol. The molecule has 0 aromatic carbocycles. The number of hydrogen-bond donors (Lipinski definition) is 3. The Bertz CT molecular complexity index is 587. The summed E-state index contributed by atoms with van der Waals surface area (Å²) >= 11 is 7.33. The molecular weight excluding hydrogens is 298 g/mol. The first-order valence-corrected chi connectivity index (χ1v) is 7.21. The molecule has 7 heteroatoms. The highest BCUT2D eigenvalue weighted by atomic mass is 35.5. The first-order valence-electron chi connectivity index (χ1n) is 5.89. The van der Waals surface area contributed by atoms with Crippen LogP contribution < -0.4 is 10.6 Å². The van der Waals surface area contributed by atoms with Gasteiger partial charge in [0, 0.05) is 6.20 Å². The highest BCUT2D eigenvalue weighted by Crippen LogP contribution is 2.22. The predicted octanol–water partition coefficient (Wildman–Crippen LogP) is 2.83. The molecule has 0 saturated carbocycles. The number of hydrogen-bond acceptors (Lipinski definition) is 4. The van der Waals surface area contributed by atoms with E-state index in [2.05, 4.69) is 15.6 Å². The SMILES string of the molecule is C[C@@](O)(CNC(=O)Nc1cccnc1Cl)c1ccsc1. The summed E-state index contributed by atoms with van der Waals surface area (Å²) in [4.78, 5) is 15.6. The molecule has 2 aromatic heterocycles. The Kier molecular flexibility index (Phi) is 4.59. The molecule has 0 aliphatic carbocycles. The summed E-state index contributed by atoms with van der Waals surface area (Å²) in [5, 5.41) is 19.4. The lowest BCUT2D eigenvalue weighted by atomic mass is 9.99. The van der Waals surface area contributed by atoms with Crippen molar-refractivity contribution in [3.8, 4) is 0 Å². The number of halogens is 1. The van der Waals surface area contributed by atoms with Crippen LogP contribution in [0.5, 0.6) is 0 Å². The van der Waals surface area contributed by atoms with E-state index in [-0.39, 0.29) is 11.7 Å². The Balaban J connectivity index is 1.91. The summed E-state index contributed by atoms with van der Waals surface area (Å²) in [7, 11) is 0. The van der Waals surface area contributed by atoms with Crippen molar-refractivity contribution in [3.63, 3.8) is 0 Å². The molecule has 0 spiro atoms. The van der Waals surface area contributed by atoms with Crippen molar-refractivity contribution in [2.75, 3.05) is 11.9 Å². The molecule has 0 aliphatic rings. The summed E-state index contributed by atoms with van der Waals surface area (Å²) in [6.45, 7) is 1.74. The molecule has 0 radical (unpaired) electrons. The van der Waals surface area contributed by atoms with Crippen LogP contribution in [0, 0.1) is 0 Å². The summed E-state index contributed by atoms with van der Waals surface area (Å²) in [5.41, 5.74) is 0.0693. The summed E-state index contributed by atoms with van der Waals surface area (Å²) in [6.07, 6.45) is 1.53. The second-order valence-electron chi connectivity index (χ2n) is 4.44. The van der Waals surface area contributed by atoms with Crippen LogP contribution in [0.25, 0.3) is 0 Å². The van der Waals surface area contributed by atoms with Gasteiger partial charge in [-0.15, -0.1) is 0 Å². The normalized spacial score (nSPS) is 13.6. The summed E-state index contributed by atoms with van der Waals surface area (Å²) in [5.74, 6) is 0. The Morgan fingerprint density at radius 2 is 2.35 bits per heavy atom. The standard InChI is InChI=1S/C13H14ClN3O2S/c1-13(19,9-4-6-20-7-9)8-16-12(18)17-10-3-2-5-15-11(10)14/h2-7,19H,8H2,1H3,(H2,16,17,18)/t13-/m1/s1. The van der Waals surface area contributed by atoms with E-state index in [1.54, 1.807) is 19.1 Å². The van der Waals surface area contributed by atoms with Gasteiger partial charge in [0.25, 0.3) is 0 Å². The van der Waals surface area contributed by atoms with E-state index in [1.165, 1.54) is 17.5 Å². The van der Waals surface area contributed by atoms with Crippen LogP contribution in [0.4, 0.5) is 10.5 Å². The fourth-order valence-electron chi connectivity index (χ4n) is 1.57. The van der Waals surface area contributed by atoms with E-state index in [9.17, 15) is 9.90 Å². The quantitative estimate of drug-likeness (QED) is 0.760. The lowest BCUT2D eigenvalue weighted by Gasteiger charge is -2.22. The van der Waals surface area contributed by atoms with Gasteiger partial charge in [-0.05, 0) is 41.4 Å². The Morgan fingerprint density at radius 1 is 1.55 bits per heavy atom. The zero-order valence-electron chi connectivity index (χ0n) is 10.8. The molecule has 2 aromatic rings. The van der Waals surface area contributed by atoms with Crippen molar-refractivity contribution in [3.05, 3.63) is 45.9 Å². The number of amides is 2. The van der Waals surface area contributed by atoms with Gasteiger partial charge in [0.05, 0.1) is 12.2 Å². The van der Waals surface area contributed by atoms with E-state index in [0.717, 1.165) is 5.56 Å². The third-order valence-electron chi connectivity index (χ3n) is 2.74. The molecule has 2 amide bonds. The topological polar surface area (TPSA) is 74.2 Å². The Hall–Kier alpha value is -1.63. The van der Waals surface area contributed by atoms with Crippen molar-refractivity contribution in [1.29, 1.82) is 0 Å². The zero-order chi connectivity index (χ0) is 14.6. The highest BCUT2D eigenvalue weighted by molar-refractivity contribution is 7.08. The van der Waals surface area contributed by atoms with Crippen molar-refractivity contribution >= 4 is 34.7 Å². The fraction of sp³-hybridized carbons (Fsp3) is 0.231. The summed E-state index contributed by atoms with van der Waals surface area (Å²) in [6, 6.07) is 4.69. The molecule has 3 N–H and O–H groups in total. The van der Waals surface area contributed by atoms with E-state index in [0.29, 0.717) is 5.69 Å². The van der Waals surface area contributed by atoms with Crippen LogP contribution >= 0.6 is 22.9 Å². The maximum atomic E-state index is 11.8. The Morgan fingerprint density at radius 3 is 3.00 bits per heavy atom. The average Bonchev–Trinajstić information content (AvgIpc) is 2.94. The van der Waals surface area contributed by atoms with Crippen LogP contribution in [0.1, 0.15) is 12.5 Å². The number of carbonyl (C=O) groups is 1. The van der Waals surface area contributed by atoms with E-state index < -0.39 is 11.6 Å². The van der Waals surface area contributed by atoms with Gasteiger partial charge in [-0.3, -0.25) is 0 Å². The van der Waals surface area contributed by atoms with Crippen LogP contribution in [-0.4, -0.2) is 22.7 Å². The number of rotatable bonds is 4. The molecule has 1 atom stereocenters. The predicted molar refractivity (Wildman–Crippen MR) is 80.2 cm³/mol. The minimum absolute atomic E-state index is 0.0907. The van der Waals surface area contributed by atoms with Crippen LogP contribution in [0.3, 0.4) is 0 Å². The maximum absolute atomic E-state index is 11.8. The second-order valence-corrected chi connectivity index (χ2v) is 5.57. The number of thiophene rings is 1. The van der Waals surface area contributed by atoms with Gasteiger partial charge in [-0.1, -0.05) is 11.6 Å².